The number of benzene rings is 2. The number of ether oxygens (including phenoxy) is 1. The summed E-state index contributed by atoms with van der Waals surface area (Å²) in [7, 11) is 4.95. The molecular weight excluding hydrogens is 280 g/mol. The summed E-state index contributed by atoms with van der Waals surface area (Å²) < 4.78 is 5.35. The molecule has 2 aromatic rings. The lowest BCUT2D eigenvalue weighted by Crippen LogP contribution is -2.24. The highest BCUT2D eigenvalue weighted by Crippen LogP contribution is 2.41. The molecule has 2 N–H and O–H groups in total. The normalized spacial score (nSPS) is 12.5. The Kier molecular flexibility index (Phi) is 3.33. The first-order chi connectivity index (χ1) is 10.6. The predicted molar refractivity (Wildman–Crippen MR) is 85.4 cm³/mol. The average Bonchev–Trinajstić information content (AvgIpc) is 2.57. The molecule has 5 heteroatoms. The van der Waals surface area contributed by atoms with Crippen LogP contribution in [0, 0.1) is 0 Å². The highest BCUT2D eigenvalue weighted by Gasteiger charge is 2.35. The fourth-order valence-corrected chi connectivity index (χ4v) is 2.88. The predicted octanol–water partition coefficient (Wildman–Crippen LogP) is 2.55. The standard InChI is InChI=1S/C17H16N2O3/c1-18-11-8-12(22-3)15(19-2)14-13(11)16(20)9-6-4-5-7-10(9)17(14)21/h4-8,18-19H,1-3H3. The van der Waals surface area contributed by atoms with Crippen molar-refractivity contribution < 1.29 is 14.3 Å². The Labute approximate surface area is 128 Å². The van der Waals surface area contributed by atoms with Crippen LogP contribution in [0.4, 0.5) is 11.4 Å². The van der Waals surface area contributed by atoms with E-state index in [0.717, 1.165) is 0 Å². The minimum absolute atomic E-state index is 0.159. The number of nitrogens with one attached hydrogen (secondary N) is 2. The van der Waals surface area contributed by atoms with Gasteiger partial charge >= 0.3 is 0 Å². The van der Waals surface area contributed by atoms with Crippen molar-refractivity contribution in [3.63, 3.8) is 0 Å². The van der Waals surface area contributed by atoms with Crippen LogP contribution in [-0.2, 0) is 0 Å². The van der Waals surface area contributed by atoms with Gasteiger partial charge in [0, 0.05) is 37.0 Å². The lowest BCUT2D eigenvalue weighted by molar-refractivity contribution is 0.0980. The highest BCUT2D eigenvalue weighted by atomic mass is 16.5. The van der Waals surface area contributed by atoms with E-state index in [-0.39, 0.29) is 11.6 Å². The minimum atomic E-state index is -0.176. The molecule has 0 saturated heterocycles. The van der Waals surface area contributed by atoms with Gasteiger partial charge in [-0.2, -0.15) is 0 Å². The summed E-state index contributed by atoms with van der Waals surface area (Å²) in [4.78, 5) is 25.7. The Morgan fingerprint density at radius 2 is 1.50 bits per heavy atom. The highest BCUT2D eigenvalue weighted by molar-refractivity contribution is 6.32. The SMILES string of the molecule is CNc1cc(OC)c(NC)c2c1C(=O)c1ccccc1C2=O. The molecule has 0 saturated carbocycles. The van der Waals surface area contributed by atoms with Gasteiger partial charge in [0.05, 0.1) is 23.9 Å². The molecule has 5 nitrogen and oxygen atoms in total. The maximum Gasteiger partial charge on any atom is 0.196 e. The van der Waals surface area contributed by atoms with Crippen LogP contribution in [0.1, 0.15) is 31.8 Å². The molecular formula is C17H16N2O3. The molecule has 1 aliphatic rings. The molecule has 0 amide bonds. The summed E-state index contributed by atoms with van der Waals surface area (Å²) in [6.07, 6.45) is 0. The van der Waals surface area contributed by atoms with Crippen LogP contribution in [0.5, 0.6) is 5.75 Å². The minimum Gasteiger partial charge on any atom is -0.494 e. The Balaban J connectivity index is 2.40. The molecule has 1 aliphatic carbocycles. The fourth-order valence-electron chi connectivity index (χ4n) is 2.88. The first kappa shape index (κ1) is 14.1. The molecule has 0 aromatic heterocycles. The molecule has 0 bridgehead atoms. The van der Waals surface area contributed by atoms with E-state index in [1.807, 2.05) is 0 Å². The molecule has 3 rings (SSSR count). The van der Waals surface area contributed by atoms with Crippen molar-refractivity contribution in [3.8, 4) is 5.75 Å². The molecule has 0 unspecified atom stereocenters. The lowest BCUT2D eigenvalue weighted by atomic mass is 9.82. The summed E-state index contributed by atoms with van der Waals surface area (Å²) in [5.74, 6) is 0.185. The summed E-state index contributed by atoms with van der Waals surface area (Å²) in [6.45, 7) is 0. The molecule has 0 spiro atoms. The van der Waals surface area contributed by atoms with Gasteiger partial charge in [-0.1, -0.05) is 24.3 Å². The quantitative estimate of drug-likeness (QED) is 0.777. The summed E-state index contributed by atoms with van der Waals surface area (Å²) in [6, 6.07) is 8.60. The topological polar surface area (TPSA) is 67.4 Å². The number of carbonyl (C=O) groups excluding carboxylic acids is 2. The van der Waals surface area contributed by atoms with Crippen molar-refractivity contribution in [1.29, 1.82) is 0 Å². The van der Waals surface area contributed by atoms with Gasteiger partial charge in [0.25, 0.3) is 0 Å². The number of anilines is 2. The van der Waals surface area contributed by atoms with Crippen LogP contribution in [0.2, 0.25) is 0 Å². The maximum atomic E-state index is 12.9. The lowest BCUT2D eigenvalue weighted by Gasteiger charge is -2.24. The smallest absolute Gasteiger partial charge is 0.196 e. The molecule has 112 valence electrons. The second-order valence-corrected chi connectivity index (χ2v) is 4.96. The van der Waals surface area contributed by atoms with Crippen LogP contribution in [0.3, 0.4) is 0 Å². The van der Waals surface area contributed by atoms with Crippen LogP contribution < -0.4 is 15.4 Å². The van der Waals surface area contributed by atoms with Gasteiger partial charge in [-0.25, -0.2) is 0 Å². The molecule has 0 aliphatic heterocycles. The molecule has 0 heterocycles. The van der Waals surface area contributed by atoms with Crippen LogP contribution in [0.15, 0.2) is 30.3 Å². The second-order valence-electron chi connectivity index (χ2n) is 4.96. The van der Waals surface area contributed by atoms with Crippen LogP contribution in [-0.4, -0.2) is 32.8 Å². The van der Waals surface area contributed by atoms with E-state index < -0.39 is 0 Å². The van der Waals surface area contributed by atoms with Crippen molar-refractivity contribution in [3.05, 3.63) is 52.6 Å². The third-order valence-corrected chi connectivity index (χ3v) is 3.90. The van der Waals surface area contributed by atoms with Crippen molar-refractivity contribution in [1.82, 2.24) is 0 Å². The van der Waals surface area contributed by atoms with E-state index in [4.69, 9.17) is 4.74 Å². The van der Waals surface area contributed by atoms with Gasteiger partial charge in [-0.3, -0.25) is 9.59 Å². The van der Waals surface area contributed by atoms with E-state index in [0.29, 0.717) is 39.4 Å². The fraction of sp³-hybridized carbons (Fsp3) is 0.176. The molecule has 22 heavy (non-hydrogen) atoms. The second kappa shape index (κ2) is 5.18. The van der Waals surface area contributed by atoms with Gasteiger partial charge in [-0.05, 0) is 0 Å². The van der Waals surface area contributed by atoms with Crippen molar-refractivity contribution >= 4 is 22.9 Å². The van der Waals surface area contributed by atoms with E-state index in [1.165, 1.54) is 7.11 Å². The molecule has 0 fully saturated rings. The van der Waals surface area contributed by atoms with Gasteiger partial charge in [0.1, 0.15) is 5.75 Å². The van der Waals surface area contributed by atoms with Crippen LogP contribution in [0.25, 0.3) is 0 Å². The zero-order chi connectivity index (χ0) is 15.9. The Morgan fingerprint density at radius 3 is 2.00 bits per heavy atom. The largest absolute Gasteiger partial charge is 0.494 e. The first-order valence-corrected chi connectivity index (χ1v) is 6.93. The van der Waals surface area contributed by atoms with Gasteiger partial charge in [0.2, 0.25) is 0 Å². The monoisotopic (exact) mass is 296 g/mol. The average molecular weight is 296 g/mol. The van der Waals surface area contributed by atoms with Gasteiger partial charge in [0.15, 0.2) is 11.6 Å². The number of ketones is 2. The zero-order valence-corrected chi connectivity index (χ0v) is 12.6. The summed E-state index contributed by atoms with van der Waals surface area (Å²) in [5, 5.41) is 5.96. The Hall–Kier alpha value is -2.82. The van der Waals surface area contributed by atoms with E-state index in [2.05, 4.69) is 10.6 Å². The Morgan fingerprint density at radius 1 is 0.909 bits per heavy atom. The Bertz CT molecular complexity index is 797. The third-order valence-electron chi connectivity index (χ3n) is 3.90. The number of hydrogen-bond acceptors (Lipinski definition) is 5. The van der Waals surface area contributed by atoms with Gasteiger partial charge in [-0.15, -0.1) is 0 Å². The van der Waals surface area contributed by atoms with Crippen molar-refractivity contribution in [2.24, 2.45) is 0 Å². The molecule has 2 aromatic carbocycles. The number of carbonyl (C=O) groups is 2. The van der Waals surface area contributed by atoms with E-state index >= 15 is 0 Å². The number of fused-ring (bicyclic) bond motifs is 2. The molecule has 0 radical (unpaired) electrons. The summed E-state index contributed by atoms with van der Waals surface area (Å²) in [5.41, 5.74) is 2.71. The number of hydrogen-bond donors (Lipinski definition) is 2. The van der Waals surface area contributed by atoms with E-state index in [9.17, 15) is 9.59 Å². The summed E-state index contributed by atoms with van der Waals surface area (Å²) >= 11 is 0. The molecule has 0 atom stereocenters. The maximum absolute atomic E-state index is 12.9. The zero-order valence-electron chi connectivity index (χ0n) is 12.6. The first-order valence-electron chi connectivity index (χ1n) is 6.93. The van der Waals surface area contributed by atoms with E-state index in [1.54, 1.807) is 44.4 Å². The number of methoxy groups -OCH3 is 1. The number of rotatable bonds is 3. The third kappa shape index (κ3) is 1.79. The van der Waals surface area contributed by atoms with Crippen molar-refractivity contribution in [2.45, 2.75) is 0 Å². The van der Waals surface area contributed by atoms with Gasteiger partial charge < -0.3 is 15.4 Å². The van der Waals surface area contributed by atoms with Crippen LogP contribution >= 0.6 is 0 Å². The van der Waals surface area contributed by atoms with Crippen molar-refractivity contribution in [2.75, 3.05) is 31.8 Å².